The van der Waals surface area contributed by atoms with Crippen molar-refractivity contribution in [2.75, 3.05) is 0 Å². The highest BCUT2D eigenvalue weighted by Gasteiger charge is 2.03. The quantitative estimate of drug-likeness (QED) is 0.387. The predicted molar refractivity (Wildman–Crippen MR) is 101 cm³/mol. The van der Waals surface area contributed by atoms with Crippen LogP contribution < -0.4 is 0 Å². The minimum atomic E-state index is 0.959. The van der Waals surface area contributed by atoms with Gasteiger partial charge < -0.3 is 0 Å². The van der Waals surface area contributed by atoms with E-state index in [1.807, 2.05) is 12.1 Å². The third-order valence-corrected chi connectivity index (χ3v) is 4.39. The van der Waals surface area contributed by atoms with Crippen LogP contribution in [0.15, 0.2) is 60.7 Å². The molecule has 3 aromatic carbocycles. The lowest BCUT2D eigenvalue weighted by molar-refractivity contribution is 0.717. The fourth-order valence-corrected chi connectivity index (χ4v) is 3.03. The maximum Gasteiger partial charge on any atom is 0.0321 e. The number of unbranched alkanes of at least 4 members (excludes halogenated alkanes) is 2. The molecule has 0 N–H and O–H groups in total. The highest BCUT2D eigenvalue weighted by Crippen LogP contribution is 2.26. The molecule has 0 aliphatic carbocycles. The highest BCUT2D eigenvalue weighted by atomic mass is 14.1. The van der Waals surface area contributed by atoms with E-state index in [4.69, 9.17) is 6.42 Å². The molecule has 0 saturated carbocycles. The van der Waals surface area contributed by atoms with Crippen molar-refractivity contribution in [3.05, 3.63) is 71.8 Å². The minimum absolute atomic E-state index is 0.959. The Morgan fingerprint density at radius 1 is 0.870 bits per heavy atom. The first kappa shape index (κ1) is 15.4. The van der Waals surface area contributed by atoms with Crippen LogP contribution in [0.4, 0.5) is 0 Å². The van der Waals surface area contributed by atoms with Crippen molar-refractivity contribution in [1.29, 1.82) is 0 Å². The lowest BCUT2D eigenvalue weighted by Crippen LogP contribution is -1.86. The normalized spacial score (nSPS) is 10.6. The summed E-state index contributed by atoms with van der Waals surface area (Å²) in [7, 11) is 0. The second-order valence-electron chi connectivity index (χ2n) is 6.04. The van der Waals surface area contributed by atoms with Gasteiger partial charge in [0.1, 0.15) is 0 Å². The van der Waals surface area contributed by atoms with Crippen LogP contribution in [-0.4, -0.2) is 0 Å². The molecular weight excluding hydrogens is 276 g/mol. The molecule has 0 amide bonds. The molecule has 114 valence electrons. The summed E-state index contributed by atoms with van der Waals surface area (Å²) >= 11 is 0. The van der Waals surface area contributed by atoms with E-state index in [0.29, 0.717) is 0 Å². The summed E-state index contributed by atoms with van der Waals surface area (Å²) in [6, 6.07) is 21.6. The van der Waals surface area contributed by atoms with Gasteiger partial charge in [-0.2, -0.15) is 0 Å². The van der Waals surface area contributed by atoms with Gasteiger partial charge in [0.2, 0.25) is 0 Å². The summed E-state index contributed by atoms with van der Waals surface area (Å²) in [5.74, 6) is 2.76. The highest BCUT2D eigenvalue weighted by molar-refractivity contribution is 5.91. The Kier molecular flexibility index (Phi) is 4.79. The molecular formula is C23H22. The monoisotopic (exact) mass is 298 g/mol. The van der Waals surface area contributed by atoms with Gasteiger partial charge in [-0.05, 0) is 52.4 Å². The Hall–Kier alpha value is -2.52. The van der Waals surface area contributed by atoms with E-state index in [1.165, 1.54) is 47.8 Å². The van der Waals surface area contributed by atoms with Crippen molar-refractivity contribution in [3.63, 3.8) is 0 Å². The molecule has 0 heteroatoms. The fourth-order valence-electron chi connectivity index (χ4n) is 3.03. The molecule has 0 atom stereocenters. The topological polar surface area (TPSA) is 0 Å². The van der Waals surface area contributed by atoms with E-state index in [9.17, 15) is 0 Å². The molecule has 3 aromatic rings. The first-order valence-electron chi connectivity index (χ1n) is 8.40. The zero-order valence-electron chi connectivity index (χ0n) is 13.7. The van der Waals surface area contributed by atoms with Crippen LogP contribution in [0.25, 0.3) is 21.9 Å². The van der Waals surface area contributed by atoms with Crippen LogP contribution in [0.3, 0.4) is 0 Å². The van der Waals surface area contributed by atoms with Gasteiger partial charge in [-0.3, -0.25) is 0 Å². The molecule has 0 aliphatic heterocycles. The van der Waals surface area contributed by atoms with Crippen LogP contribution in [0.2, 0.25) is 0 Å². The van der Waals surface area contributed by atoms with Crippen molar-refractivity contribution in [1.82, 2.24) is 0 Å². The number of hydrogen-bond donors (Lipinski definition) is 0. The van der Waals surface area contributed by atoms with Gasteiger partial charge in [0, 0.05) is 5.56 Å². The Balaban J connectivity index is 1.87. The first-order valence-corrected chi connectivity index (χ1v) is 8.40. The fraction of sp³-hybridized carbons (Fsp3) is 0.217. The maximum absolute atomic E-state index is 5.58. The van der Waals surface area contributed by atoms with Gasteiger partial charge in [-0.1, -0.05) is 74.2 Å². The van der Waals surface area contributed by atoms with E-state index in [0.717, 1.165) is 10.9 Å². The van der Waals surface area contributed by atoms with Gasteiger partial charge in [-0.15, -0.1) is 6.42 Å². The van der Waals surface area contributed by atoms with Crippen molar-refractivity contribution >= 4 is 10.8 Å². The number of aryl methyl sites for hydroxylation is 1. The second-order valence-corrected chi connectivity index (χ2v) is 6.04. The van der Waals surface area contributed by atoms with Crippen LogP contribution >= 0.6 is 0 Å². The lowest BCUT2D eigenvalue weighted by atomic mass is 9.97. The summed E-state index contributed by atoms with van der Waals surface area (Å²) in [4.78, 5) is 0. The van der Waals surface area contributed by atoms with E-state index < -0.39 is 0 Å². The predicted octanol–water partition coefficient (Wildman–Crippen LogP) is 6.22. The van der Waals surface area contributed by atoms with Crippen LogP contribution in [-0.2, 0) is 6.42 Å². The van der Waals surface area contributed by atoms with E-state index in [2.05, 4.69) is 61.4 Å². The van der Waals surface area contributed by atoms with Crippen LogP contribution in [0.1, 0.15) is 37.3 Å². The van der Waals surface area contributed by atoms with Gasteiger partial charge in [0.05, 0.1) is 0 Å². The zero-order valence-corrected chi connectivity index (χ0v) is 13.7. The number of benzene rings is 3. The van der Waals surface area contributed by atoms with Crippen molar-refractivity contribution in [3.8, 4) is 23.5 Å². The van der Waals surface area contributed by atoms with Gasteiger partial charge in [0.15, 0.2) is 0 Å². The van der Waals surface area contributed by atoms with E-state index >= 15 is 0 Å². The largest absolute Gasteiger partial charge is 0.115 e. The number of fused-ring (bicyclic) bond motifs is 1. The summed E-state index contributed by atoms with van der Waals surface area (Å²) in [6.07, 6.45) is 10.6. The molecule has 0 nitrogen and oxygen atoms in total. The lowest BCUT2D eigenvalue weighted by Gasteiger charge is -2.07. The standard InChI is InChI=1S/C23H22/c1-3-5-6-8-18-11-13-20(14-12-18)21-15-16-23-19(4-2)9-7-10-22(23)17-21/h2,7,9-17H,3,5-6,8H2,1H3. The molecule has 23 heavy (non-hydrogen) atoms. The van der Waals surface area contributed by atoms with Crippen LogP contribution in [0, 0.1) is 12.3 Å². The van der Waals surface area contributed by atoms with Crippen molar-refractivity contribution in [2.24, 2.45) is 0 Å². The molecule has 0 radical (unpaired) electrons. The van der Waals surface area contributed by atoms with Crippen LogP contribution in [0.5, 0.6) is 0 Å². The molecule has 0 unspecified atom stereocenters. The first-order chi connectivity index (χ1) is 11.3. The molecule has 0 spiro atoms. The van der Waals surface area contributed by atoms with Gasteiger partial charge >= 0.3 is 0 Å². The molecule has 0 saturated heterocycles. The summed E-state index contributed by atoms with van der Waals surface area (Å²) in [5, 5.41) is 2.35. The molecule has 0 bridgehead atoms. The Morgan fingerprint density at radius 3 is 2.39 bits per heavy atom. The Bertz CT molecular complexity index is 832. The molecule has 0 aromatic heterocycles. The molecule has 0 fully saturated rings. The zero-order chi connectivity index (χ0) is 16.1. The van der Waals surface area contributed by atoms with Gasteiger partial charge in [0.25, 0.3) is 0 Å². The number of rotatable bonds is 5. The molecule has 0 aliphatic rings. The van der Waals surface area contributed by atoms with E-state index in [1.54, 1.807) is 0 Å². The Labute approximate surface area is 139 Å². The number of hydrogen-bond acceptors (Lipinski definition) is 0. The molecule has 0 heterocycles. The Morgan fingerprint density at radius 2 is 1.65 bits per heavy atom. The average molecular weight is 298 g/mol. The minimum Gasteiger partial charge on any atom is -0.115 e. The summed E-state index contributed by atoms with van der Waals surface area (Å²) in [6.45, 7) is 2.24. The average Bonchev–Trinajstić information content (AvgIpc) is 2.61. The van der Waals surface area contributed by atoms with Crippen molar-refractivity contribution in [2.45, 2.75) is 32.6 Å². The molecule has 3 rings (SSSR count). The second kappa shape index (κ2) is 7.16. The SMILES string of the molecule is C#Cc1cccc2cc(-c3ccc(CCCCC)cc3)ccc12. The smallest absolute Gasteiger partial charge is 0.0321 e. The summed E-state index contributed by atoms with van der Waals surface area (Å²) in [5.41, 5.74) is 4.89. The maximum atomic E-state index is 5.58. The van der Waals surface area contributed by atoms with Gasteiger partial charge in [-0.25, -0.2) is 0 Å². The third-order valence-electron chi connectivity index (χ3n) is 4.39. The van der Waals surface area contributed by atoms with Crippen molar-refractivity contribution < 1.29 is 0 Å². The summed E-state index contributed by atoms with van der Waals surface area (Å²) < 4.78 is 0. The number of terminal acetylenes is 1. The third kappa shape index (κ3) is 3.46. The van der Waals surface area contributed by atoms with E-state index in [-0.39, 0.29) is 0 Å².